The summed E-state index contributed by atoms with van der Waals surface area (Å²) in [6.45, 7) is 11.5. The van der Waals surface area contributed by atoms with Gasteiger partial charge in [-0.25, -0.2) is 0 Å². The number of benzene rings is 4. The summed E-state index contributed by atoms with van der Waals surface area (Å²) in [4.78, 5) is 2.36. The molecule has 4 rings (SSSR count). The second kappa shape index (κ2) is 13.8. The van der Waals surface area contributed by atoms with Crippen molar-refractivity contribution in [3.05, 3.63) is 113 Å². The molecule has 1 N–H and O–H groups in total. The molecule has 0 fully saturated rings. The third kappa shape index (κ3) is 8.09. The fourth-order valence-electron chi connectivity index (χ4n) is 4.34. The molecule has 2 nitrogen and oxygen atoms in total. The van der Waals surface area contributed by atoms with Gasteiger partial charge in [0.25, 0.3) is 0 Å². The Morgan fingerprint density at radius 2 is 1.35 bits per heavy atom. The average molecular weight is 586 g/mol. The zero-order valence-corrected chi connectivity index (χ0v) is 26.1. The number of hydrogen-bond donors (Lipinski definition) is 1. The molecule has 0 radical (unpaired) electrons. The van der Waals surface area contributed by atoms with Crippen molar-refractivity contribution in [2.75, 3.05) is 4.90 Å². The molecule has 0 amide bonds. The van der Waals surface area contributed by atoms with Gasteiger partial charge in [-0.3, -0.25) is 0 Å². The van der Waals surface area contributed by atoms with Gasteiger partial charge in [-0.15, -0.1) is 0 Å². The molecule has 0 aliphatic carbocycles. The van der Waals surface area contributed by atoms with Crippen molar-refractivity contribution in [1.82, 2.24) is 0 Å². The van der Waals surface area contributed by atoms with E-state index in [4.69, 9.17) is 18.6 Å². The summed E-state index contributed by atoms with van der Waals surface area (Å²) in [5.41, 5.74) is 6.97. The van der Waals surface area contributed by atoms with Crippen LogP contribution in [0.1, 0.15) is 43.0 Å². The quantitative estimate of drug-likeness (QED) is 0.181. The van der Waals surface area contributed by atoms with Gasteiger partial charge >= 0.3 is 35.6 Å². The molecule has 4 aromatic carbocycles. The normalized spacial score (nSPS) is 11.2. The van der Waals surface area contributed by atoms with Crippen molar-refractivity contribution < 1.29 is 22.1 Å². The first-order chi connectivity index (χ1) is 17.7. The first kappa shape index (κ1) is 29.8. The summed E-state index contributed by atoms with van der Waals surface area (Å²) in [5, 5.41) is 13.6. The standard InChI is InChI=1S/C31H34NOP.2ClH.Ti/c1-22-19-27(31(3,4)5)29(33)28(20-22)34-30-23(2)13-12-14-24(30)21-32(25-15-8-6-9-16-25)26-17-10-7-11-18-26;;;/h6-20,33-34H,21H2,1-5H3;2*1H;/q;;;+2/p-2. The molecule has 37 heavy (non-hydrogen) atoms. The molecule has 0 aliphatic heterocycles. The molecule has 0 heterocycles. The van der Waals surface area contributed by atoms with Crippen LogP contribution < -0.4 is 15.5 Å². The number of rotatable bonds is 6. The van der Waals surface area contributed by atoms with Gasteiger partial charge in [0.1, 0.15) is 5.75 Å². The Hall–Kier alpha value is -1.80. The van der Waals surface area contributed by atoms with Crippen LogP contribution in [0, 0.1) is 13.8 Å². The van der Waals surface area contributed by atoms with E-state index in [9.17, 15) is 5.11 Å². The number of anilines is 2. The topological polar surface area (TPSA) is 23.5 Å². The molecule has 0 spiro atoms. The second-order valence-electron chi connectivity index (χ2n) is 10.0. The van der Waals surface area contributed by atoms with Gasteiger partial charge in [-0.2, -0.15) is 0 Å². The van der Waals surface area contributed by atoms with Gasteiger partial charge in [0, 0.05) is 28.8 Å². The van der Waals surface area contributed by atoms with E-state index in [1.807, 2.05) is 0 Å². The molecule has 0 aliphatic rings. The number of para-hydroxylation sites is 2. The average Bonchev–Trinajstić information content (AvgIpc) is 2.87. The second-order valence-corrected chi connectivity index (χ2v) is 13.9. The Morgan fingerprint density at radius 3 is 1.86 bits per heavy atom. The number of aryl methyl sites for hydroxylation is 2. The summed E-state index contributed by atoms with van der Waals surface area (Å²) < 4.78 is 0. The van der Waals surface area contributed by atoms with Crippen molar-refractivity contribution in [1.29, 1.82) is 0 Å². The van der Waals surface area contributed by atoms with Crippen LogP contribution in [0.25, 0.3) is 0 Å². The van der Waals surface area contributed by atoms with Gasteiger partial charge < -0.3 is 10.0 Å². The van der Waals surface area contributed by atoms with Gasteiger partial charge in [0.15, 0.2) is 0 Å². The Labute approximate surface area is 240 Å². The van der Waals surface area contributed by atoms with Crippen LogP contribution >= 0.6 is 27.2 Å². The molecule has 1 unspecified atom stereocenters. The molecular formula is C31H34Cl2NOPTi. The van der Waals surface area contributed by atoms with Crippen molar-refractivity contribution >= 4 is 49.2 Å². The molecule has 0 aromatic heterocycles. The van der Waals surface area contributed by atoms with E-state index >= 15 is 0 Å². The minimum absolute atomic E-state index is 0.110. The van der Waals surface area contributed by atoms with Gasteiger partial charge in [0.2, 0.25) is 0 Å². The number of hydrogen-bond acceptors (Lipinski definition) is 2. The van der Waals surface area contributed by atoms with Crippen LogP contribution in [0.2, 0.25) is 0 Å². The maximum atomic E-state index is 11.2. The Morgan fingerprint density at radius 1 is 0.811 bits per heavy atom. The summed E-state index contributed by atoms with van der Waals surface area (Å²) >= 11 is -0.556. The van der Waals surface area contributed by atoms with Crippen molar-refractivity contribution in [2.45, 2.75) is 46.6 Å². The van der Waals surface area contributed by atoms with Crippen molar-refractivity contribution in [2.24, 2.45) is 0 Å². The van der Waals surface area contributed by atoms with Crippen LogP contribution in [-0.4, -0.2) is 5.11 Å². The van der Waals surface area contributed by atoms with Gasteiger partial charge in [-0.1, -0.05) is 90.0 Å². The van der Waals surface area contributed by atoms with E-state index in [1.54, 1.807) is 0 Å². The SMILES string of the molecule is Cc1cc(Pc2c(C)cccc2CN(c2ccccc2)c2ccccc2)c(O)c(C(C)(C)C)c1.[Cl][Ti][Cl]. The number of phenolic OH excluding ortho intramolecular Hbond substituents is 1. The molecule has 0 bridgehead atoms. The van der Waals surface area contributed by atoms with Gasteiger partial charge in [-0.05, 0) is 71.6 Å². The zero-order valence-electron chi connectivity index (χ0n) is 22.0. The van der Waals surface area contributed by atoms with Crippen LogP contribution in [0.4, 0.5) is 11.4 Å². The van der Waals surface area contributed by atoms with E-state index in [-0.39, 0.29) is 5.41 Å². The third-order valence-electron chi connectivity index (χ3n) is 6.15. The first-order valence-corrected chi connectivity index (χ1v) is 17.5. The molecule has 0 saturated heterocycles. The molecule has 6 heteroatoms. The summed E-state index contributed by atoms with van der Waals surface area (Å²) in [5.74, 6) is 0.439. The summed E-state index contributed by atoms with van der Waals surface area (Å²) in [6, 6.07) is 31.9. The van der Waals surface area contributed by atoms with Crippen molar-refractivity contribution in [3.63, 3.8) is 0 Å². The molecule has 192 valence electrons. The fourth-order valence-corrected chi connectivity index (χ4v) is 5.76. The minimum atomic E-state index is -0.556. The first-order valence-electron chi connectivity index (χ1n) is 12.2. The van der Waals surface area contributed by atoms with Crippen molar-refractivity contribution in [3.8, 4) is 5.75 Å². The van der Waals surface area contributed by atoms with Crippen LogP contribution in [-0.2, 0) is 29.0 Å². The van der Waals surface area contributed by atoms with Crippen LogP contribution in [0.5, 0.6) is 5.75 Å². The fraction of sp³-hybridized carbons (Fsp3) is 0.226. The molecule has 4 aromatic rings. The monoisotopic (exact) mass is 585 g/mol. The predicted octanol–water partition coefficient (Wildman–Crippen LogP) is 8.65. The molecular weight excluding hydrogens is 552 g/mol. The van der Waals surface area contributed by atoms with Gasteiger partial charge in [0.05, 0.1) is 0 Å². The Balaban J connectivity index is 0.00000121. The zero-order chi connectivity index (χ0) is 27.0. The van der Waals surface area contributed by atoms with E-state index in [0.717, 1.165) is 28.8 Å². The Kier molecular flexibility index (Phi) is 11.1. The predicted molar refractivity (Wildman–Crippen MR) is 161 cm³/mol. The van der Waals surface area contributed by atoms with E-state index < -0.39 is 17.0 Å². The van der Waals surface area contributed by atoms with Crippen LogP contribution in [0.3, 0.4) is 0 Å². The number of aromatic hydroxyl groups is 1. The van der Waals surface area contributed by atoms with E-state index in [1.165, 1.54) is 22.0 Å². The molecule has 1 atom stereocenters. The summed E-state index contributed by atoms with van der Waals surface area (Å²) in [7, 11) is 10.2. The summed E-state index contributed by atoms with van der Waals surface area (Å²) in [6.07, 6.45) is 0. The molecule has 0 saturated carbocycles. The number of phenols is 1. The maximum absolute atomic E-state index is 11.2. The van der Waals surface area contributed by atoms with Crippen LogP contribution in [0.15, 0.2) is 91.0 Å². The third-order valence-corrected chi connectivity index (χ3v) is 7.76. The van der Waals surface area contributed by atoms with E-state index in [2.05, 4.69) is 131 Å². The number of halogens is 2. The Bertz CT molecular complexity index is 1250. The number of nitrogens with zero attached hydrogens (tertiary/aromatic N) is 1. The van der Waals surface area contributed by atoms with E-state index in [0.29, 0.717) is 14.3 Å².